The van der Waals surface area contributed by atoms with E-state index in [1.165, 1.54) is 14.0 Å². The third kappa shape index (κ3) is 5.16. The van der Waals surface area contributed by atoms with Crippen molar-refractivity contribution in [2.75, 3.05) is 20.3 Å². The van der Waals surface area contributed by atoms with E-state index in [9.17, 15) is 14.5 Å². The van der Waals surface area contributed by atoms with E-state index in [0.29, 0.717) is 6.42 Å². The molecule has 0 aromatic heterocycles. The van der Waals surface area contributed by atoms with Gasteiger partial charge in [0.15, 0.2) is 0 Å². The number of hydrogen-bond donors (Lipinski definition) is 2. The molecule has 2 rings (SSSR count). The summed E-state index contributed by atoms with van der Waals surface area (Å²) in [5.41, 5.74) is 2.78. The summed E-state index contributed by atoms with van der Waals surface area (Å²) in [5, 5.41) is 9.60. The molecule has 0 heterocycles. The third-order valence-electron chi connectivity index (χ3n) is 4.09. The van der Waals surface area contributed by atoms with Crippen LogP contribution in [0.2, 0.25) is 0 Å². The summed E-state index contributed by atoms with van der Waals surface area (Å²) < 4.78 is 33.5. The number of allylic oxidation sites excluding steroid dienone is 1. The summed E-state index contributed by atoms with van der Waals surface area (Å²) in [5.74, 6) is -0.315. The first-order valence-electron chi connectivity index (χ1n) is 8.16. The summed E-state index contributed by atoms with van der Waals surface area (Å²) in [4.78, 5) is 11.5. The van der Waals surface area contributed by atoms with Gasteiger partial charge < -0.3 is 14.4 Å². The lowest BCUT2D eigenvalue weighted by atomic mass is 10.1. The molecule has 1 aromatic rings. The molecule has 2 N–H and O–H groups in total. The molecule has 144 valence electrons. The quantitative estimate of drug-likeness (QED) is 0.274. The number of methoxy groups -OCH3 is 1. The number of carbonyl (C=O) groups excluding carboxylic acids is 1. The minimum absolute atomic E-state index is 0.0401. The zero-order valence-electron chi connectivity index (χ0n) is 15.0. The predicted octanol–water partition coefficient (Wildman–Crippen LogP) is 2.60. The van der Waals surface area contributed by atoms with Gasteiger partial charge in [-0.05, 0) is 32.4 Å². The maximum Gasteiger partial charge on any atom is 0.547 e. The van der Waals surface area contributed by atoms with Gasteiger partial charge in [-0.2, -0.15) is 10.1 Å². The fourth-order valence-electron chi connectivity index (χ4n) is 2.33. The summed E-state index contributed by atoms with van der Waals surface area (Å²) >= 11 is 0. The highest BCUT2D eigenvalue weighted by atomic mass is 31.2. The predicted molar refractivity (Wildman–Crippen MR) is 94.2 cm³/mol. The highest BCUT2D eigenvalue weighted by Gasteiger charge is 2.50. The second-order valence-corrected chi connectivity index (χ2v) is 7.53. The van der Waals surface area contributed by atoms with E-state index in [-0.39, 0.29) is 19.0 Å². The molecule has 0 amide bonds. The summed E-state index contributed by atoms with van der Waals surface area (Å²) in [6.07, 6.45) is 2.54. The van der Waals surface area contributed by atoms with Gasteiger partial charge in [0.25, 0.3) is 0 Å². The Morgan fingerprint density at radius 3 is 2.65 bits per heavy atom. The molecule has 3 atom stereocenters. The van der Waals surface area contributed by atoms with Crippen LogP contribution in [-0.4, -0.2) is 37.4 Å². The SMILES string of the molecule is C/C=C1/CC1(CO)COP(=O)(ONC(C)C(=O)OC)Oc1ccccc1. The number of phosphoric acid groups is 1. The lowest BCUT2D eigenvalue weighted by Gasteiger charge is -2.22. The number of esters is 1. The lowest BCUT2D eigenvalue weighted by Crippen LogP contribution is -2.35. The molecule has 0 spiro atoms. The largest absolute Gasteiger partial charge is 0.547 e. The summed E-state index contributed by atoms with van der Waals surface area (Å²) in [7, 11) is -2.88. The molecule has 1 aromatic carbocycles. The van der Waals surface area contributed by atoms with Gasteiger partial charge in [0.1, 0.15) is 11.8 Å². The molecule has 1 saturated carbocycles. The number of carbonyl (C=O) groups is 1. The molecule has 1 aliphatic carbocycles. The van der Waals surface area contributed by atoms with Gasteiger partial charge in [-0.1, -0.05) is 29.8 Å². The van der Waals surface area contributed by atoms with Crippen LogP contribution in [0.3, 0.4) is 0 Å². The Morgan fingerprint density at radius 2 is 2.12 bits per heavy atom. The number of hydrogen-bond acceptors (Lipinski definition) is 8. The summed E-state index contributed by atoms with van der Waals surface area (Å²) in [6, 6.07) is 7.51. The van der Waals surface area contributed by atoms with Crippen molar-refractivity contribution in [2.45, 2.75) is 26.3 Å². The van der Waals surface area contributed by atoms with Crippen molar-refractivity contribution in [3.8, 4) is 5.75 Å². The second-order valence-electron chi connectivity index (χ2n) is 6.01. The van der Waals surface area contributed by atoms with Gasteiger partial charge >= 0.3 is 13.8 Å². The zero-order valence-corrected chi connectivity index (χ0v) is 15.9. The number of rotatable bonds is 10. The first-order chi connectivity index (χ1) is 12.4. The minimum atomic E-state index is -4.11. The van der Waals surface area contributed by atoms with E-state index < -0.39 is 25.2 Å². The minimum Gasteiger partial charge on any atom is -0.468 e. The number of para-hydroxylation sites is 1. The van der Waals surface area contributed by atoms with E-state index in [1.54, 1.807) is 30.3 Å². The molecule has 8 nitrogen and oxygen atoms in total. The average Bonchev–Trinajstić information content (AvgIpc) is 3.39. The van der Waals surface area contributed by atoms with Crippen LogP contribution < -0.4 is 10.0 Å². The third-order valence-corrected chi connectivity index (χ3v) is 5.30. The van der Waals surface area contributed by atoms with Gasteiger partial charge in [-0.3, -0.25) is 9.32 Å². The number of phosphoric ester groups is 1. The lowest BCUT2D eigenvalue weighted by molar-refractivity contribution is -0.145. The Labute approximate surface area is 152 Å². The van der Waals surface area contributed by atoms with E-state index in [1.807, 2.05) is 13.0 Å². The number of aliphatic hydroxyl groups is 1. The van der Waals surface area contributed by atoms with E-state index in [0.717, 1.165) is 5.57 Å². The van der Waals surface area contributed by atoms with E-state index >= 15 is 0 Å². The van der Waals surface area contributed by atoms with Crippen molar-refractivity contribution in [3.63, 3.8) is 0 Å². The smallest absolute Gasteiger partial charge is 0.468 e. The van der Waals surface area contributed by atoms with Crippen LogP contribution in [-0.2, 0) is 23.2 Å². The van der Waals surface area contributed by atoms with E-state index in [4.69, 9.17) is 13.7 Å². The number of benzene rings is 1. The van der Waals surface area contributed by atoms with Crippen molar-refractivity contribution in [3.05, 3.63) is 42.0 Å². The molecule has 1 fully saturated rings. The van der Waals surface area contributed by atoms with Crippen molar-refractivity contribution in [1.82, 2.24) is 5.48 Å². The van der Waals surface area contributed by atoms with Crippen molar-refractivity contribution < 1.29 is 32.9 Å². The molecular formula is C17H24NO7P. The molecule has 0 radical (unpaired) electrons. The van der Waals surface area contributed by atoms with Crippen molar-refractivity contribution in [1.29, 1.82) is 0 Å². The number of nitrogens with one attached hydrogen (secondary N) is 1. The molecule has 26 heavy (non-hydrogen) atoms. The average molecular weight is 385 g/mol. The Kier molecular flexibility index (Phi) is 6.97. The molecule has 0 saturated heterocycles. The normalized spacial score (nSPS) is 23.9. The summed E-state index contributed by atoms with van der Waals surface area (Å²) in [6.45, 7) is 3.17. The molecular weight excluding hydrogens is 361 g/mol. The number of ether oxygens (including phenoxy) is 1. The number of hydroxylamine groups is 1. The molecule has 9 heteroatoms. The van der Waals surface area contributed by atoms with Gasteiger partial charge in [-0.15, -0.1) is 0 Å². The Balaban J connectivity index is 2.08. The van der Waals surface area contributed by atoms with Crippen molar-refractivity contribution in [2.24, 2.45) is 5.41 Å². The second kappa shape index (κ2) is 8.79. The van der Waals surface area contributed by atoms with Crippen LogP contribution in [0.1, 0.15) is 20.3 Å². The highest BCUT2D eigenvalue weighted by molar-refractivity contribution is 7.48. The Hall–Kier alpha value is -1.70. The van der Waals surface area contributed by atoms with Crippen LogP contribution in [0.25, 0.3) is 0 Å². The Morgan fingerprint density at radius 1 is 1.42 bits per heavy atom. The van der Waals surface area contributed by atoms with Gasteiger partial charge in [-0.25, -0.2) is 4.57 Å². The Bertz CT molecular complexity index is 694. The van der Waals surface area contributed by atoms with E-state index in [2.05, 4.69) is 10.2 Å². The maximum atomic E-state index is 13.0. The monoisotopic (exact) mass is 385 g/mol. The molecule has 3 unspecified atom stereocenters. The molecule has 1 aliphatic rings. The van der Waals surface area contributed by atoms with Crippen LogP contribution >= 0.6 is 7.82 Å². The standard InChI is InChI=1S/C17H24NO7P/c1-4-14-10-17(14,11-19)12-23-26(21,24-15-8-6-5-7-9-15)25-18-13(2)16(20)22-3/h4-9,13,18-19H,10-12H2,1-3H3/b14-4-. The van der Waals surface area contributed by atoms with Gasteiger partial charge in [0, 0.05) is 5.41 Å². The topological polar surface area (TPSA) is 103 Å². The first kappa shape index (κ1) is 20.6. The van der Waals surface area contributed by atoms with Crippen LogP contribution in [0.4, 0.5) is 0 Å². The molecule has 0 bridgehead atoms. The van der Waals surface area contributed by atoms with Crippen LogP contribution in [0.15, 0.2) is 42.0 Å². The first-order valence-corrected chi connectivity index (χ1v) is 9.62. The van der Waals surface area contributed by atoms with Crippen LogP contribution in [0, 0.1) is 5.41 Å². The maximum absolute atomic E-state index is 13.0. The van der Waals surface area contributed by atoms with Gasteiger partial charge in [0.2, 0.25) is 0 Å². The highest BCUT2D eigenvalue weighted by Crippen LogP contribution is 2.56. The number of aliphatic hydroxyl groups excluding tert-OH is 1. The fraction of sp³-hybridized carbons (Fsp3) is 0.471. The molecule has 0 aliphatic heterocycles. The van der Waals surface area contributed by atoms with Crippen LogP contribution in [0.5, 0.6) is 5.75 Å². The fourth-order valence-corrected chi connectivity index (χ4v) is 3.54. The zero-order chi connectivity index (χ0) is 19.2. The van der Waals surface area contributed by atoms with Gasteiger partial charge in [0.05, 0.1) is 20.3 Å². The van der Waals surface area contributed by atoms with Crippen molar-refractivity contribution >= 4 is 13.8 Å².